The zero-order valence-electron chi connectivity index (χ0n) is 17.2. The molecule has 0 aliphatic rings. The molecule has 0 aliphatic carbocycles. The molecule has 0 radical (unpaired) electrons. The molecule has 2 N–H and O–H groups in total. The van der Waals surface area contributed by atoms with E-state index >= 15 is 0 Å². The molecule has 2 amide bonds. The zero-order valence-corrected chi connectivity index (χ0v) is 17.2. The summed E-state index contributed by atoms with van der Waals surface area (Å²) >= 11 is 0. The van der Waals surface area contributed by atoms with Gasteiger partial charge >= 0.3 is 12.2 Å². The first kappa shape index (κ1) is 21.9. The molecule has 10 heteroatoms. The number of carbonyl (C=O) groups is 1. The highest BCUT2D eigenvalue weighted by Crippen LogP contribution is 2.35. The average Bonchev–Trinajstić information content (AvgIpc) is 3.29. The molecule has 0 saturated carbocycles. The molecule has 0 spiro atoms. The number of amides is 2. The summed E-state index contributed by atoms with van der Waals surface area (Å²) in [6.45, 7) is 0. The van der Waals surface area contributed by atoms with Crippen LogP contribution >= 0.6 is 0 Å². The van der Waals surface area contributed by atoms with Crippen molar-refractivity contribution in [1.82, 2.24) is 10.1 Å². The number of anilines is 2. The highest BCUT2D eigenvalue weighted by molar-refractivity contribution is 6.00. The number of benzene rings is 3. The van der Waals surface area contributed by atoms with Gasteiger partial charge in [0.25, 0.3) is 5.89 Å². The number of aromatic nitrogens is 2. The normalized spacial score (nSPS) is 11.2. The Balaban J connectivity index is 1.52. The molecule has 7 nitrogen and oxygen atoms in total. The van der Waals surface area contributed by atoms with Crippen LogP contribution in [0.3, 0.4) is 0 Å². The van der Waals surface area contributed by atoms with E-state index in [0.29, 0.717) is 22.6 Å². The maximum absolute atomic E-state index is 13.1. The summed E-state index contributed by atoms with van der Waals surface area (Å²) in [5.41, 5.74) is 0.199. The van der Waals surface area contributed by atoms with Crippen molar-refractivity contribution in [3.63, 3.8) is 0 Å². The number of methoxy groups -OCH3 is 1. The number of ether oxygens (including phenoxy) is 1. The average molecular weight is 454 g/mol. The summed E-state index contributed by atoms with van der Waals surface area (Å²) in [6, 6.07) is 17.6. The Morgan fingerprint density at radius 1 is 0.970 bits per heavy atom. The van der Waals surface area contributed by atoms with Crippen LogP contribution in [-0.4, -0.2) is 23.3 Å². The smallest absolute Gasteiger partial charge is 0.418 e. The lowest BCUT2D eigenvalue weighted by molar-refractivity contribution is -0.136. The van der Waals surface area contributed by atoms with Gasteiger partial charge in [0.15, 0.2) is 0 Å². The van der Waals surface area contributed by atoms with E-state index in [1.54, 1.807) is 36.4 Å². The van der Waals surface area contributed by atoms with E-state index in [1.165, 1.54) is 25.3 Å². The van der Waals surface area contributed by atoms with Crippen LogP contribution in [0.1, 0.15) is 5.56 Å². The molecule has 4 aromatic rings. The number of alkyl halides is 3. The summed E-state index contributed by atoms with van der Waals surface area (Å²) in [5, 5.41) is 8.71. The third-order valence-corrected chi connectivity index (χ3v) is 4.62. The van der Waals surface area contributed by atoms with Gasteiger partial charge in [0, 0.05) is 11.3 Å². The molecule has 168 valence electrons. The van der Waals surface area contributed by atoms with Gasteiger partial charge in [-0.05, 0) is 36.4 Å². The quantitative estimate of drug-likeness (QED) is 0.382. The Kier molecular flexibility index (Phi) is 5.99. The molecular weight excluding hydrogens is 437 g/mol. The third kappa shape index (κ3) is 4.95. The van der Waals surface area contributed by atoms with Crippen molar-refractivity contribution in [2.45, 2.75) is 6.18 Å². The lowest BCUT2D eigenvalue weighted by atomic mass is 10.1. The molecule has 33 heavy (non-hydrogen) atoms. The summed E-state index contributed by atoms with van der Waals surface area (Å²) in [7, 11) is 1.53. The Morgan fingerprint density at radius 2 is 1.73 bits per heavy atom. The van der Waals surface area contributed by atoms with Crippen molar-refractivity contribution in [2.75, 3.05) is 17.7 Å². The first-order valence-electron chi connectivity index (χ1n) is 9.67. The van der Waals surface area contributed by atoms with E-state index in [0.717, 1.165) is 6.07 Å². The summed E-state index contributed by atoms with van der Waals surface area (Å²) in [6.07, 6.45) is -4.60. The largest absolute Gasteiger partial charge is 0.496 e. The number of para-hydroxylation sites is 2. The lowest BCUT2D eigenvalue weighted by Gasteiger charge is -2.14. The van der Waals surface area contributed by atoms with Crippen molar-refractivity contribution in [1.29, 1.82) is 0 Å². The highest BCUT2D eigenvalue weighted by atomic mass is 19.4. The second-order valence-corrected chi connectivity index (χ2v) is 6.83. The van der Waals surface area contributed by atoms with E-state index in [9.17, 15) is 18.0 Å². The molecule has 1 heterocycles. The van der Waals surface area contributed by atoms with Gasteiger partial charge in [-0.1, -0.05) is 41.6 Å². The first-order chi connectivity index (χ1) is 15.8. The van der Waals surface area contributed by atoms with Gasteiger partial charge in [0.1, 0.15) is 5.75 Å². The Bertz CT molecular complexity index is 1290. The maximum Gasteiger partial charge on any atom is 0.418 e. The van der Waals surface area contributed by atoms with E-state index in [4.69, 9.17) is 9.26 Å². The molecule has 0 bridgehead atoms. The van der Waals surface area contributed by atoms with E-state index in [2.05, 4.69) is 20.8 Å². The minimum atomic E-state index is -4.60. The predicted molar refractivity (Wildman–Crippen MR) is 116 cm³/mol. The molecule has 0 atom stereocenters. The molecule has 0 unspecified atom stereocenters. The molecule has 0 saturated heterocycles. The standard InChI is InChI=1S/C23H17F3N4O3/c1-32-19-12-5-2-9-16(19)21-29-20(30-33-21)14-7-6-8-15(13-14)27-22(31)28-18-11-4-3-10-17(18)23(24,25)26/h2-13H,1H3,(H2,27,28,31). The molecule has 0 fully saturated rings. The minimum Gasteiger partial charge on any atom is -0.496 e. The lowest BCUT2D eigenvalue weighted by Crippen LogP contribution is -2.21. The van der Waals surface area contributed by atoms with Crippen molar-refractivity contribution >= 4 is 17.4 Å². The number of urea groups is 1. The van der Waals surface area contributed by atoms with Crippen LogP contribution in [0.2, 0.25) is 0 Å². The third-order valence-electron chi connectivity index (χ3n) is 4.62. The monoisotopic (exact) mass is 454 g/mol. The van der Waals surface area contributed by atoms with E-state index in [1.807, 2.05) is 12.1 Å². The first-order valence-corrected chi connectivity index (χ1v) is 9.67. The minimum absolute atomic E-state index is 0.252. The van der Waals surface area contributed by atoms with Crippen molar-refractivity contribution in [3.05, 3.63) is 78.4 Å². The van der Waals surface area contributed by atoms with Gasteiger partial charge in [-0.25, -0.2) is 4.79 Å². The van der Waals surface area contributed by atoms with Crippen LogP contribution < -0.4 is 15.4 Å². The van der Waals surface area contributed by atoms with Crippen LogP contribution in [0.15, 0.2) is 77.3 Å². The Labute approximate surface area is 186 Å². The van der Waals surface area contributed by atoms with Crippen LogP contribution in [0.4, 0.5) is 29.3 Å². The summed E-state index contributed by atoms with van der Waals surface area (Å²) in [4.78, 5) is 16.7. The fraction of sp³-hybridized carbons (Fsp3) is 0.0870. The van der Waals surface area contributed by atoms with Crippen molar-refractivity contribution in [2.24, 2.45) is 0 Å². The van der Waals surface area contributed by atoms with Crippen LogP contribution in [-0.2, 0) is 6.18 Å². The Morgan fingerprint density at radius 3 is 2.52 bits per heavy atom. The zero-order chi connectivity index (χ0) is 23.4. The number of halogens is 3. The van der Waals surface area contributed by atoms with Crippen molar-refractivity contribution in [3.8, 4) is 28.6 Å². The molecule has 1 aromatic heterocycles. The topological polar surface area (TPSA) is 89.3 Å². The summed E-state index contributed by atoms with van der Waals surface area (Å²) < 4.78 is 50.1. The van der Waals surface area contributed by atoms with Gasteiger partial charge < -0.3 is 19.9 Å². The molecule has 3 aromatic carbocycles. The van der Waals surface area contributed by atoms with Gasteiger partial charge in [0.2, 0.25) is 5.82 Å². The second kappa shape index (κ2) is 9.03. The second-order valence-electron chi connectivity index (χ2n) is 6.83. The number of hydrogen-bond donors (Lipinski definition) is 2. The molecule has 4 rings (SSSR count). The van der Waals surface area contributed by atoms with E-state index in [-0.39, 0.29) is 17.4 Å². The number of rotatable bonds is 5. The fourth-order valence-corrected chi connectivity index (χ4v) is 3.13. The maximum atomic E-state index is 13.1. The van der Waals surface area contributed by atoms with Gasteiger partial charge in [0.05, 0.1) is 23.9 Å². The fourth-order valence-electron chi connectivity index (χ4n) is 3.13. The van der Waals surface area contributed by atoms with Crippen LogP contribution in [0, 0.1) is 0 Å². The van der Waals surface area contributed by atoms with E-state index < -0.39 is 17.8 Å². The highest BCUT2D eigenvalue weighted by Gasteiger charge is 2.33. The summed E-state index contributed by atoms with van der Waals surface area (Å²) in [5.74, 6) is 1.09. The number of carbonyl (C=O) groups excluding carboxylic acids is 1. The van der Waals surface area contributed by atoms with Crippen LogP contribution in [0.25, 0.3) is 22.8 Å². The van der Waals surface area contributed by atoms with Gasteiger partial charge in [-0.2, -0.15) is 18.2 Å². The van der Waals surface area contributed by atoms with Gasteiger partial charge in [-0.15, -0.1) is 0 Å². The Hall–Kier alpha value is -4.34. The molecule has 0 aliphatic heterocycles. The number of nitrogens with zero attached hydrogens (tertiary/aromatic N) is 2. The van der Waals surface area contributed by atoms with Crippen molar-refractivity contribution < 1.29 is 27.2 Å². The predicted octanol–water partition coefficient (Wildman–Crippen LogP) is 6.08. The number of nitrogens with one attached hydrogen (secondary N) is 2. The van der Waals surface area contributed by atoms with Gasteiger partial charge in [-0.3, -0.25) is 0 Å². The SMILES string of the molecule is COc1ccccc1-c1nc(-c2cccc(NC(=O)Nc3ccccc3C(F)(F)F)c2)no1. The molecular formula is C23H17F3N4O3. The number of hydrogen-bond acceptors (Lipinski definition) is 5. The van der Waals surface area contributed by atoms with Crippen LogP contribution in [0.5, 0.6) is 5.75 Å².